The third-order valence-electron chi connectivity index (χ3n) is 6.06. The molecule has 0 aromatic heterocycles. The van der Waals surface area contributed by atoms with Crippen molar-refractivity contribution in [2.45, 2.75) is 25.3 Å². The molecule has 1 fully saturated rings. The average Bonchev–Trinajstić information content (AvgIpc) is 3.32. The number of benzene rings is 2. The summed E-state index contributed by atoms with van der Waals surface area (Å²) in [4.78, 5) is 17.5. The highest BCUT2D eigenvalue weighted by atomic mass is 35.5. The number of rotatable bonds is 4. The molecular weight excluding hydrogens is 358 g/mol. The van der Waals surface area contributed by atoms with Crippen LogP contribution < -0.4 is 10.6 Å². The number of hydrogen-bond donors (Lipinski definition) is 1. The molecule has 1 amide bonds. The summed E-state index contributed by atoms with van der Waals surface area (Å²) in [6.07, 6.45) is 0.951. The molecule has 0 radical (unpaired) electrons. The number of fused-ring (bicyclic) bond motifs is 1. The van der Waals surface area contributed by atoms with Gasteiger partial charge in [-0.1, -0.05) is 48.5 Å². The first-order valence-corrected chi connectivity index (χ1v) is 9.57. The molecule has 4 rings (SSSR count). The zero-order valence-corrected chi connectivity index (χ0v) is 16.6. The van der Waals surface area contributed by atoms with E-state index >= 15 is 0 Å². The summed E-state index contributed by atoms with van der Waals surface area (Å²) < 4.78 is 0. The van der Waals surface area contributed by atoms with Crippen LogP contribution in [-0.2, 0) is 11.2 Å². The van der Waals surface area contributed by atoms with Crippen LogP contribution in [0.1, 0.15) is 24.0 Å². The standard InChI is InChI=1S/C22H27N3O.ClH/c1-16(22(26)25-12-11-18-9-5-6-10-21(18)25)24-14-19(13-23)20(15-24)17-7-3-2-4-8-17;/h2-10,16,19-20H,11-15,23H2,1H3;1H/t16?,19-,20+;/m1./s1. The first-order chi connectivity index (χ1) is 12.7. The van der Waals surface area contributed by atoms with Gasteiger partial charge in [-0.2, -0.15) is 0 Å². The van der Waals surface area contributed by atoms with Crippen LogP contribution >= 0.6 is 12.4 Å². The van der Waals surface area contributed by atoms with Crippen molar-refractivity contribution in [3.05, 3.63) is 65.7 Å². The molecule has 4 nitrogen and oxygen atoms in total. The number of nitrogens with two attached hydrogens (primary N) is 1. The molecule has 2 N–H and O–H groups in total. The maximum Gasteiger partial charge on any atom is 0.244 e. The maximum absolute atomic E-state index is 13.2. The van der Waals surface area contributed by atoms with Gasteiger partial charge in [0.1, 0.15) is 0 Å². The van der Waals surface area contributed by atoms with E-state index in [1.165, 1.54) is 11.1 Å². The fourth-order valence-corrected chi connectivity index (χ4v) is 4.49. The molecule has 2 aliphatic heterocycles. The molecule has 0 bridgehead atoms. The van der Waals surface area contributed by atoms with E-state index in [0.717, 1.165) is 31.7 Å². The molecule has 0 saturated carbocycles. The Balaban J connectivity index is 0.00000210. The van der Waals surface area contributed by atoms with E-state index in [1.807, 2.05) is 30.0 Å². The molecule has 1 unspecified atom stereocenters. The maximum atomic E-state index is 13.2. The number of hydrogen-bond acceptors (Lipinski definition) is 3. The summed E-state index contributed by atoms with van der Waals surface area (Å²) in [5, 5.41) is 0. The van der Waals surface area contributed by atoms with E-state index in [1.54, 1.807) is 0 Å². The molecule has 0 aliphatic carbocycles. The molecule has 2 aromatic carbocycles. The van der Waals surface area contributed by atoms with Crippen LogP contribution in [0.4, 0.5) is 5.69 Å². The highest BCUT2D eigenvalue weighted by molar-refractivity contribution is 5.98. The second kappa shape index (κ2) is 8.42. The van der Waals surface area contributed by atoms with Gasteiger partial charge in [-0.3, -0.25) is 9.69 Å². The van der Waals surface area contributed by atoms with Crippen LogP contribution in [0.5, 0.6) is 0 Å². The Morgan fingerprint density at radius 1 is 1.11 bits per heavy atom. The fraction of sp³-hybridized carbons (Fsp3) is 0.409. The zero-order chi connectivity index (χ0) is 18.1. The molecule has 2 heterocycles. The predicted molar refractivity (Wildman–Crippen MR) is 113 cm³/mol. The van der Waals surface area contributed by atoms with Crippen LogP contribution in [0, 0.1) is 5.92 Å². The monoisotopic (exact) mass is 385 g/mol. The van der Waals surface area contributed by atoms with Gasteiger partial charge < -0.3 is 10.6 Å². The SMILES string of the molecule is CC(C(=O)N1CCc2ccccc21)N1C[C@@H](CN)[C@H](c2ccccc2)C1.Cl. The van der Waals surface area contributed by atoms with E-state index in [9.17, 15) is 4.79 Å². The molecular formula is C22H28ClN3O. The second-order valence-electron chi connectivity index (χ2n) is 7.51. The largest absolute Gasteiger partial charge is 0.330 e. The van der Waals surface area contributed by atoms with Crippen LogP contribution in [0.15, 0.2) is 54.6 Å². The smallest absolute Gasteiger partial charge is 0.244 e. The molecule has 27 heavy (non-hydrogen) atoms. The summed E-state index contributed by atoms with van der Waals surface area (Å²) >= 11 is 0. The number of likely N-dealkylation sites (tertiary alicyclic amines) is 1. The normalized spacial score (nSPS) is 23.0. The van der Waals surface area contributed by atoms with Crippen LogP contribution in [0.2, 0.25) is 0 Å². The summed E-state index contributed by atoms with van der Waals surface area (Å²) in [5.74, 6) is 1.01. The van der Waals surface area contributed by atoms with Crippen molar-refractivity contribution in [1.82, 2.24) is 4.90 Å². The number of nitrogens with zero attached hydrogens (tertiary/aromatic N) is 2. The second-order valence-corrected chi connectivity index (χ2v) is 7.51. The number of halogens is 1. The Bertz CT molecular complexity index is 782. The molecule has 5 heteroatoms. The third-order valence-corrected chi connectivity index (χ3v) is 6.06. The van der Waals surface area contributed by atoms with Crippen molar-refractivity contribution in [3.8, 4) is 0 Å². The Labute approximate surface area is 167 Å². The molecule has 144 valence electrons. The van der Waals surface area contributed by atoms with Gasteiger partial charge in [-0.15, -0.1) is 12.4 Å². The van der Waals surface area contributed by atoms with E-state index in [0.29, 0.717) is 18.4 Å². The zero-order valence-electron chi connectivity index (χ0n) is 15.8. The van der Waals surface area contributed by atoms with Crippen LogP contribution in [-0.4, -0.2) is 43.0 Å². The van der Waals surface area contributed by atoms with Gasteiger partial charge in [0.15, 0.2) is 0 Å². The minimum absolute atomic E-state index is 0. The van der Waals surface area contributed by atoms with E-state index in [2.05, 4.69) is 41.3 Å². The third kappa shape index (κ3) is 3.75. The summed E-state index contributed by atoms with van der Waals surface area (Å²) in [7, 11) is 0. The molecule has 2 aromatic rings. The molecule has 3 atom stereocenters. The van der Waals surface area contributed by atoms with Crippen LogP contribution in [0.3, 0.4) is 0 Å². The molecule has 1 saturated heterocycles. The van der Waals surface area contributed by atoms with Gasteiger partial charge in [0.2, 0.25) is 5.91 Å². The summed E-state index contributed by atoms with van der Waals surface area (Å²) in [6, 6.07) is 18.7. The average molecular weight is 386 g/mol. The van der Waals surface area contributed by atoms with Gasteiger partial charge in [0, 0.05) is 31.2 Å². The van der Waals surface area contributed by atoms with Crippen molar-refractivity contribution < 1.29 is 4.79 Å². The lowest BCUT2D eigenvalue weighted by molar-refractivity contribution is -0.122. The minimum Gasteiger partial charge on any atom is -0.330 e. The number of amides is 1. The van der Waals surface area contributed by atoms with Gasteiger partial charge in [-0.05, 0) is 43.0 Å². The summed E-state index contributed by atoms with van der Waals surface area (Å²) in [5.41, 5.74) is 9.75. The first-order valence-electron chi connectivity index (χ1n) is 9.57. The van der Waals surface area contributed by atoms with Gasteiger partial charge in [0.25, 0.3) is 0 Å². The van der Waals surface area contributed by atoms with Crippen LogP contribution in [0.25, 0.3) is 0 Å². The van der Waals surface area contributed by atoms with Crippen molar-refractivity contribution in [2.24, 2.45) is 11.7 Å². The lowest BCUT2D eigenvalue weighted by atomic mass is 9.89. The molecule has 0 spiro atoms. The number of carbonyl (C=O) groups is 1. The van der Waals surface area contributed by atoms with Crippen molar-refractivity contribution in [1.29, 1.82) is 0 Å². The summed E-state index contributed by atoms with van der Waals surface area (Å²) in [6.45, 7) is 5.28. The van der Waals surface area contributed by atoms with Crippen molar-refractivity contribution in [3.63, 3.8) is 0 Å². The Morgan fingerprint density at radius 2 is 1.81 bits per heavy atom. The van der Waals surface area contributed by atoms with Crippen molar-refractivity contribution >= 4 is 24.0 Å². The number of anilines is 1. The Kier molecular flexibility index (Phi) is 6.20. The van der Waals surface area contributed by atoms with Crippen molar-refractivity contribution in [2.75, 3.05) is 31.1 Å². The van der Waals surface area contributed by atoms with E-state index in [4.69, 9.17) is 5.73 Å². The van der Waals surface area contributed by atoms with E-state index in [-0.39, 0.29) is 24.4 Å². The number of para-hydroxylation sites is 1. The highest BCUT2D eigenvalue weighted by Crippen LogP contribution is 2.34. The van der Waals surface area contributed by atoms with Gasteiger partial charge >= 0.3 is 0 Å². The van der Waals surface area contributed by atoms with Gasteiger partial charge in [-0.25, -0.2) is 0 Å². The lowest BCUT2D eigenvalue weighted by Crippen LogP contribution is -2.46. The predicted octanol–water partition coefficient (Wildman–Crippen LogP) is 3.06. The Hall–Kier alpha value is -1.88. The molecule has 2 aliphatic rings. The highest BCUT2D eigenvalue weighted by Gasteiger charge is 2.39. The fourth-order valence-electron chi connectivity index (χ4n) is 4.49. The van der Waals surface area contributed by atoms with E-state index < -0.39 is 0 Å². The lowest BCUT2D eigenvalue weighted by Gasteiger charge is -2.28. The van der Waals surface area contributed by atoms with Gasteiger partial charge in [0.05, 0.1) is 6.04 Å². The minimum atomic E-state index is -0.121. The number of carbonyl (C=O) groups excluding carboxylic acids is 1. The Morgan fingerprint density at radius 3 is 2.56 bits per heavy atom. The first kappa shape index (κ1) is 19.9. The topological polar surface area (TPSA) is 49.6 Å². The quantitative estimate of drug-likeness (QED) is 0.879.